The summed E-state index contributed by atoms with van der Waals surface area (Å²) in [6.07, 6.45) is 0. The van der Waals surface area contributed by atoms with Crippen molar-refractivity contribution in [2.75, 3.05) is 10.6 Å². The maximum Gasteiger partial charge on any atom is 0.0493 e. The van der Waals surface area contributed by atoms with E-state index in [9.17, 15) is 0 Å². The van der Waals surface area contributed by atoms with Gasteiger partial charge >= 0.3 is 0 Å². The minimum absolute atomic E-state index is 0.776. The number of anilines is 4. The van der Waals surface area contributed by atoms with Crippen LogP contribution in [-0.4, -0.2) is 0 Å². The third-order valence-electron chi connectivity index (χ3n) is 3.98. The number of nitrogens with two attached hydrogens (primary N) is 1. The molecular weight excluding hydrogens is 268 g/mol. The molecule has 3 rings (SSSR count). The smallest absolute Gasteiger partial charge is 0.0493 e. The van der Waals surface area contributed by atoms with Crippen LogP contribution in [0.2, 0.25) is 0 Å². The van der Waals surface area contributed by atoms with Crippen molar-refractivity contribution >= 4 is 22.7 Å². The molecule has 0 aromatic heterocycles. The summed E-state index contributed by atoms with van der Waals surface area (Å²) in [4.78, 5) is 2.27. The van der Waals surface area contributed by atoms with Crippen LogP contribution in [0.15, 0.2) is 72.8 Å². The summed E-state index contributed by atoms with van der Waals surface area (Å²) in [5, 5.41) is 0. The maximum absolute atomic E-state index is 5.84. The predicted molar refractivity (Wildman–Crippen MR) is 95.0 cm³/mol. The van der Waals surface area contributed by atoms with Gasteiger partial charge in [-0.2, -0.15) is 0 Å². The molecule has 0 saturated heterocycles. The molecule has 0 heterocycles. The number of benzene rings is 3. The lowest BCUT2D eigenvalue weighted by molar-refractivity contribution is 1.22. The molecule has 22 heavy (non-hydrogen) atoms. The fourth-order valence-electron chi connectivity index (χ4n) is 2.61. The molecule has 0 aliphatic heterocycles. The van der Waals surface area contributed by atoms with Gasteiger partial charge < -0.3 is 10.6 Å². The van der Waals surface area contributed by atoms with Crippen molar-refractivity contribution in [3.63, 3.8) is 0 Å². The van der Waals surface area contributed by atoms with Crippen LogP contribution in [0.1, 0.15) is 11.1 Å². The van der Waals surface area contributed by atoms with E-state index in [1.54, 1.807) is 0 Å². The van der Waals surface area contributed by atoms with Gasteiger partial charge in [-0.15, -0.1) is 0 Å². The van der Waals surface area contributed by atoms with E-state index in [0.717, 1.165) is 17.1 Å². The molecule has 0 saturated carbocycles. The van der Waals surface area contributed by atoms with E-state index in [1.165, 1.54) is 16.8 Å². The van der Waals surface area contributed by atoms with E-state index < -0.39 is 0 Å². The highest BCUT2D eigenvalue weighted by Crippen LogP contribution is 2.37. The first-order valence-electron chi connectivity index (χ1n) is 7.44. The topological polar surface area (TPSA) is 29.3 Å². The van der Waals surface area contributed by atoms with Gasteiger partial charge in [0.25, 0.3) is 0 Å². The highest BCUT2D eigenvalue weighted by atomic mass is 15.1. The zero-order chi connectivity index (χ0) is 15.5. The standard InChI is InChI=1S/C20H20N2/c1-15-7-6-10-20(16(15)2)22(18-8-4-3-5-9-18)19-13-11-17(21)12-14-19/h3-14H,21H2,1-2H3. The van der Waals surface area contributed by atoms with Crippen molar-refractivity contribution in [2.45, 2.75) is 13.8 Å². The average Bonchev–Trinajstić information content (AvgIpc) is 2.54. The van der Waals surface area contributed by atoms with Crippen LogP contribution in [0.3, 0.4) is 0 Å². The van der Waals surface area contributed by atoms with Crippen molar-refractivity contribution in [1.29, 1.82) is 0 Å². The molecule has 0 spiro atoms. The highest BCUT2D eigenvalue weighted by Gasteiger charge is 2.14. The second-order valence-electron chi connectivity index (χ2n) is 5.48. The molecule has 0 aliphatic carbocycles. The molecule has 3 aromatic carbocycles. The molecule has 0 radical (unpaired) electrons. The van der Waals surface area contributed by atoms with Gasteiger partial charge in [0.1, 0.15) is 0 Å². The molecule has 0 amide bonds. The molecule has 0 atom stereocenters. The summed E-state index contributed by atoms with van der Waals surface area (Å²) in [5.74, 6) is 0. The van der Waals surface area contributed by atoms with Crippen molar-refractivity contribution < 1.29 is 0 Å². The summed E-state index contributed by atoms with van der Waals surface area (Å²) < 4.78 is 0. The van der Waals surface area contributed by atoms with Crippen LogP contribution in [0.25, 0.3) is 0 Å². The van der Waals surface area contributed by atoms with Gasteiger partial charge in [0.15, 0.2) is 0 Å². The molecule has 0 fully saturated rings. The summed E-state index contributed by atoms with van der Waals surface area (Å²) in [6, 6.07) is 24.8. The third kappa shape index (κ3) is 2.68. The lowest BCUT2D eigenvalue weighted by atomic mass is 10.1. The molecule has 0 unspecified atom stereocenters. The molecule has 110 valence electrons. The van der Waals surface area contributed by atoms with Crippen molar-refractivity contribution in [3.05, 3.63) is 83.9 Å². The van der Waals surface area contributed by atoms with Gasteiger partial charge in [-0.05, 0) is 67.4 Å². The fourth-order valence-corrected chi connectivity index (χ4v) is 2.61. The SMILES string of the molecule is Cc1cccc(N(c2ccccc2)c2ccc(N)cc2)c1C. The van der Waals surface area contributed by atoms with Gasteiger partial charge in [0.2, 0.25) is 0 Å². The predicted octanol–water partition coefficient (Wildman–Crippen LogP) is 5.36. The zero-order valence-corrected chi connectivity index (χ0v) is 13.0. The van der Waals surface area contributed by atoms with E-state index in [-0.39, 0.29) is 0 Å². The molecule has 0 bridgehead atoms. The van der Waals surface area contributed by atoms with Gasteiger partial charge in [-0.3, -0.25) is 0 Å². The van der Waals surface area contributed by atoms with Crippen LogP contribution in [-0.2, 0) is 0 Å². The van der Waals surface area contributed by atoms with E-state index in [4.69, 9.17) is 5.73 Å². The van der Waals surface area contributed by atoms with Crippen LogP contribution in [0, 0.1) is 13.8 Å². The first kappa shape index (κ1) is 14.2. The normalized spacial score (nSPS) is 10.5. The molecular formula is C20H20N2. The Morgan fingerprint density at radius 1 is 0.682 bits per heavy atom. The van der Waals surface area contributed by atoms with Gasteiger partial charge in [-0.25, -0.2) is 0 Å². The summed E-state index contributed by atoms with van der Waals surface area (Å²) in [5.41, 5.74) is 12.6. The summed E-state index contributed by atoms with van der Waals surface area (Å²) >= 11 is 0. The Kier molecular flexibility index (Phi) is 3.84. The Morgan fingerprint density at radius 2 is 1.32 bits per heavy atom. The highest BCUT2D eigenvalue weighted by molar-refractivity contribution is 5.79. The second-order valence-corrected chi connectivity index (χ2v) is 5.48. The van der Waals surface area contributed by atoms with Gasteiger partial charge in [-0.1, -0.05) is 30.3 Å². The summed E-state index contributed by atoms with van der Waals surface area (Å²) in [6.45, 7) is 4.31. The number of aryl methyl sites for hydroxylation is 1. The Balaban J connectivity index is 2.19. The Morgan fingerprint density at radius 3 is 2.00 bits per heavy atom. The van der Waals surface area contributed by atoms with Crippen LogP contribution >= 0.6 is 0 Å². The maximum atomic E-state index is 5.84. The first-order valence-corrected chi connectivity index (χ1v) is 7.44. The lowest BCUT2D eigenvalue weighted by Gasteiger charge is -2.27. The quantitative estimate of drug-likeness (QED) is 0.658. The molecule has 3 aromatic rings. The minimum Gasteiger partial charge on any atom is -0.399 e. The van der Waals surface area contributed by atoms with E-state index in [1.807, 2.05) is 18.2 Å². The number of nitrogens with zero attached hydrogens (tertiary/aromatic N) is 1. The number of para-hydroxylation sites is 1. The Bertz CT molecular complexity index is 761. The number of nitrogen functional groups attached to an aromatic ring is 1. The van der Waals surface area contributed by atoms with Crippen LogP contribution in [0.4, 0.5) is 22.7 Å². The van der Waals surface area contributed by atoms with Crippen LogP contribution < -0.4 is 10.6 Å². The van der Waals surface area contributed by atoms with Crippen molar-refractivity contribution in [1.82, 2.24) is 0 Å². The number of rotatable bonds is 3. The monoisotopic (exact) mass is 288 g/mol. The lowest BCUT2D eigenvalue weighted by Crippen LogP contribution is -2.11. The van der Waals surface area contributed by atoms with Gasteiger partial charge in [0.05, 0.1) is 0 Å². The van der Waals surface area contributed by atoms with Crippen molar-refractivity contribution in [3.8, 4) is 0 Å². The average molecular weight is 288 g/mol. The second kappa shape index (κ2) is 5.94. The summed E-state index contributed by atoms with van der Waals surface area (Å²) in [7, 11) is 0. The minimum atomic E-state index is 0.776. The Hall–Kier alpha value is -2.74. The largest absolute Gasteiger partial charge is 0.399 e. The van der Waals surface area contributed by atoms with E-state index in [0.29, 0.717) is 0 Å². The van der Waals surface area contributed by atoms with E-state index >= 15 is 0 Å². The molecule has 0 aliphatic rings. The Labute approximate surface area is 131 Å². The fraction of sp³-hybridized carbons (Fsp3) is 0.100. The third-order valence-corrected chi connectivity index (χ3v) is 3.98. The molecule has 2 N–H and O–H groups in total. The van der Waals surface area contributed by atoms with Gasteiger partial charge in [0, 0.05) is 22.7 Å². The number of hydrogen-bond acceptors (Lipinski definition) is 2. The zero-order valence-electron chi connectivity index (χ0n) is 13.0. The molecule has 2 heteroatoms. The first-order chi connectivity index (χ1) is 10.7. The van der Waals surface area contributed by atoms with Crippen LogP contribution in [0.5, 0.6) is 0 Å². The molecule has 2 nitrogen and oxygen atoms in total. The van der Waals surface area contributed by atoms with E-state index in [2.05, 4.69) is 73.3 Å². The number of hydrogen-bond donors (Lipinski definition) is 1. The van der Waals surface area contributed by atoms with Crippen molar-refractivity contribution in [2.24, 2.45) is 0 Å².